The Kier molecular flexibility index (Phi) is 5.17. The van der Waals surface area contributed by atoms with Crippen molar-refractivity contribution in [2.45, 2.75) is 26.3 Å². The van der Waals surface area contributed by atoms with Crippen molar-refractivity contribution in [3.05, 3.63) is 53.8 Å². The van der Waals surface area contributed by atoms with E-state index in [0.717, 1.165) is 5.75 Å². The first-order valence-electron chi connectivity index (χ1n) is 7.04. The van der Waals surface area contributed by atoms with Gasteiger partial charge in [-0.1, -0.05) is 12.1 Å². The van der Waals surface area contributed by atoms with E-state index in [-0.39, 0.29) is 11.9 Å². The predicted octanol–water partition coefficient (Wildman–Crippen LogP) is 3.91. The van der Waals surface area contributed by atoms with Crippen LogP contribution in [0.4, 0.5) is 4.39 Å². The lowest BCUT2D eigenvalue weighted by molar-refractivity contribution is 0.338. The van der Waals surface area contributed by atoms with E-state index in [0.29, 0.717) is 30.1 Å². The Hall–Kier alpha value is -2.07. The normalized spacial score (nSPS) is 12.0. The Morgan fingerprint density at radius 2 is 1.86 bits per heavy atom. The third kappa shape index (κ3) is 4.20. The van der Waals surface area contributed by atoms with Crippen molar-refractivity contribution in [2.75, 3.05) is 6.61 Å². The van der Waals surface area contributed by atoms with Gasteiger partial charge in [-0.2, -0.15) is 0 Å². The molecule has 2 aromatic rings. The summed E-state index contributed by atoms with van der Waals surface area (Å²) in [6.45, 7) is 4.34. The van der Waals surface area contributed by atoms with Crippen molar-refractivity contribution in [1.29, 1.82) is 0 Å². The van der Waals surface area contributed by atoms with Gasteiger partial charge in [0.05, 0.1) is 6.61 Å². The van der Waals surface area contributed by atoms with Crippen molar-refractivity contribution in [1.82, 2.24) is 0 Å². The fraction of sp³-hybridized carbons (Fsp3) is 0.294. The molecular formula is C17H20FNO2. The Labute approximate surface area is 124 Å². The lowest BCUT2D eigenvalue weighted by Gasteiger charge is -2.14. The first-order chi connectivity index (χ1) is 10.1. The molecule has 0 aromatic heterocycles. The maximum atomic E-state index is 14.0. The molecule has 21 heavy (non-hydrogen) atoms. The van der Waals surface area contributed by atoms with Gasteiger partial charge in [0.15, 0.2) is 0 Å². The molecule has 0 fully saturated rings. The second kappa shape index (κ2) is 7.09. The van der Waals surface area contributed by atoms with Crippen LogP contribution in [0.5, 0.6) is 17.2 Å². The topological polar surface area (TPSA) is 44.5 Å². The molecule has 0 radical (unpaired) electrons. The lowest BCUT2D eigenvalue weighted by atomic mass is 10.1. The number of benzene rings is 2. The predicted molar refractivity (Wildman–Crippen MR) is 81.4 cm³/mol. The first kappa shape index (κ1) is 15.3. The Morgan fingerprint density at radius 1 is 1.14 bits per heavy atom. The van der Waals surface area contributed by atoms with Gasteiger partial charge in [0.2, 0.25) is 0 Å². The molecule has 112 valence electrons. The zero-order chi connectivity index (χ0) is 15.2. The van der Waals surface area contributed by atoms with Crippen molar-refractivity contribution >= 4 is 0 Å². The number of hydrogen-bond donors (Lipinski definition) is 1. The van der Waals surface area contributed by atoms with Crippen LogP contribution in [-0.4, -0.2) is 12.6 Å². The number of halogens is 1. The maximum Gasteiger partial charge on any atom is 0.133 e. The molecular weight excluding hydrogens is 269 g/mol. The van der Waals surface area contributed by atoms with Crippen molar-refractivity contribution < 1.29 is 13.9 Å². The van der Waals surface area contributed by atoms with Crippen LogP contribution in [-0.2, 0) is 6.42 Å². The maximum absolute atomic E-state index is 14.0. The summed E-state index contributed by atoms with van der Waals surface area (Å²) >= 11 is 0. The highest BCUT2D eigenvalue weighted by Gasteiger charge is 2.12. The Morgan fingerprint density at radius 3 is 2.57 bits per heavy atom. The minimum absolute atomic E-state index is 0.140. The summed E-state index contributed by atoms with van der Waals surface area (Å²) in [6, 6.07) is 11.9. The van der Waals surface area contributed by atoms with Crippen molar-refractivity contribution in [2.24, 2.45) is 5.73 Å². The molecule has 0 aliphatic rings. The van der Waals surface area contributed by atoms with E-state index in [2.05, 4.69) is 0 Å². The molecule has 0 aliphatic heterocycles. The van der Waals surface area contributed by atoms with Gasteiger partial charge < -0.3 is 15.2 Å². The summed E-state index contributed by atoms with van der Waals surface area (Å²) in [5.74, 6) is 1.52. The van der Waals surface area contributed by atoms with Gasteiger partial charge in [0, 0.05) is 17.7 Å². The van der Waals surface area contributed by atoms with Crippen LogP contribution < -0.4 is 15.2 Å². The highest BCUT2D eigenvalue weighted by atomic mass is 19.1. The second-order valence-electron chi connectivity index (χ2n) is 4.91. The van der Waals surface area contributed by atoms with Gasteiger partial charge in [-0.05, 0) is 44.5 Å². The van der Waals surface area contributed by atoms with Crippen LogP contribution in [0.15, 0.2) is 42.5 Å². The average molecular weight is 289 g/mol. The van der Waals surface area contributed by atoms with Crippen LogP contribution in [0.25, 0.3) is 0 Å². The van der Waals surface area contributed by atoms with Gasteiger partial charge in [0.1, 0.15) is 23.1 Å². The zero-order valence-corrected chi connectivity index (χ0v) is 12.3. The third-order valence-electron chi connectivity index (χ3n) is 2.95. The SMILES string of the molecule is CCOc1cccc(Oc2cccc(F)c2CC(C)N)c1. The molecule has 1 atom stereocenters. The molecule has 0 bridgehead atoms. The number of ether oxygens (including phenoxy) is 2. The standard InChI is InChI=1S/C17H20FNO2/c1-3-20-13-6-4-7-14(11-13)21-17-9-5-8-16(18)15(17)10-12(2)19/h4-9,11-12H,3,10,19H2,1-2H3. The smallest absolute Gasteiger partial charge is 0.133 e. The molecule has 0 heterocycles. The Bertz CT molecular complexity index is 599. The van der Waals surface area contributed by atoms with E-state index in [1.54, 1.807) is 18.2 Å². The summed E-state index contributed by atoms with van der Waals surface area (Å²) in [6.07, 6.45) is 0.424. The Balaban J connectivity index is 2.26. The van der Waals surface area contributed by atoms with E-state index >= 15 is 0 Å². The summed E-state index contributed by atoms with van der Waals surface area (Å²) in [4.78, 5) is 0. The van der Waals surface area contributed by atoms with Crippen molar-refractivity contribution in [3.8, 4) is 17.2 Å². The van der Waals surface area contributed by atoms with Gasteiger partial charge in [-0.25, -0.2) is 4.39 Å². The summed E-state index contributed by atoms with van der Waals surface area (Å²) in [5.41, 5.74) is 6.27. The summed E-state index contributed by atoms with van der Waals surface area (Å²) < 4.78 is 25.2. The molecule has 0 aliphatic carbocycles. The minimum atomic E-state index is -0.300. The zero-order valence-electron chi connectivity index (χ0n) is 12.3. The van der Waals surface area contributed by atoms with Crippen LogP contribution in [0.3, 0.4) is 0 Å². The van der Waals surface area contributed by atoms with E-state index in [9.17, 15) is 4.39 Å². The third-order valence-corrected chi connectivity index (χ3v) is 2.95. The van der Waals surface area contributed by atoms with Gasteiger partial charge in [0.25, 0.3) is 0 Å². The highest BCUT2D eigenvalue weighted by Crippen LogP contribution is 2.30. The number of hydrogen-bond acceptors (Lipinski definition) is 3. The fourth-order valence-electron chi connectivity index (χ4n) is 2.08. The minimum Gasteiger partial charge on any atom is -0.494 e. The van der Waals surface area contributed by atoms with Gasteiger partial charge in [-0.15, -0.1) is 0 Å². The second-order valence-corrected chi connectivity index (χ2v) is 4.91. The largest absolute Gasteiger partial charge is 0.494 e. The van der Waals surface area contributed by atoms with E-state index in [1.807, 2.05) is 32.0 Å². The molecule has 2 N–H and O–H groups in total. The fourth-order valence-corrected chi connectivity index (χ4v) is 2.08. The summed E-state index contributed by atoms with van der Waals surface area (Å²) in [5, 5.41) is 0. The van der Waals surface area contributed by atoms with E-state index in [4.69, 9.17) is 15.2 Å². The molecule has 0 saturated carbocycles. The van der Waals surface area contributed by atoms with Gasteiger partial charge in [-0.3, -0.25) is 0 Å². The first-order valence-corrected chi connectivity index (χ1v) is 7.04. The molecule has 4 heteroatoms. The number of nitrogens with two attached hydrogens (primary N) is 1. The van der Waals surface area contributed by atoms with Crippen molar-refractivity contribution in [3.63, 3.8) is 0 Å². The quantitative estimate of drug-likeness (QED) is 0.877. The molecule has 1 unspecified atom stereocenters. The number of rotatable bonds is 6. The molecule has 2 rings (SSSR count). The molecule has 3 nitrogen and oxygen atoms in total. The lowest BCUT2D eigenvalue weighted by Crippen LogP contribution is -2.19. The molecule has 0 saturated heterocycles. The van der Waals surface area contributed by atoms with Crippen LogP contribution in [0, 0.1) is 5.82 Å². The molecule has 0 spiro atoms. The van der Waals surface area contributed by atoms with Crippen LogP contribution in [0.1, 0.15) is 19.4 Å². The monoisotopic (exact) mass is 289 g/mol. The van der Waals surface area contributed by atoms with Crippen LogP contribution >= 0.6 is 0 Å². The molecule has 0 amide bonds. The van der Waals surface area contributed by atoms with Gasteiger partial charge >= 0.3 is 0 Å². The van der Waals surface area contributed by atoms with E-state index in [1.165, 1.54) is 6.07 Å². The van der Waals surface area contributed by atoms with Crippen LogP contribution in [0.2, 0.25) is 0 Å². The average Bonchev–Trinajstić information content (AvgIpc) is 2.43. The highest BCUT2D eigenvalue weighted by molar-refractivity contribution is 5.41. The summed E-state index contributed by atoms with van der Waals surface area (Å²) in [7, 11) is 0. The van der Waals surface area contributed by atoms with E-state index < -0.39 is 0 Å². The molecule has 2 aromatic carbocycles.